The second kappa shape index (κ2) is 13.8. The summed E-state index contributed by atoms with van der Waals surface area (Å²) in [7, 11) is -3.16. The van der Waals surface area contributed by atoms with Crippen molar-refractivity contribution in [1.82, 2.24) is 10.5 Å². The SMILES string of the molecule is CC(C(=O)NO)C(C)(C)C.CCCC.CS(=O)(=O)c1ccc(Oc2ccccn2)cc1. The number of nitrogens with one attached hydrogen (secondary N) is 1. The van der Waals surface area contributed by atoms with E-state index >= 15 is 0 Å². The Labute approximate surface area is 186 Å². The van der Waals surface area contributed by atoms with Crippen molar-refractivity contribution < 1.29 is 23.2 Å². The molecule has 0 aliphatic carbocycles. The average molecular weight is 453 g/mol. The van der Waals surface area contributed by atoms with E-state index in [4.69, 9.17) is 9.94 Å². The van der Waals surface area contributed by atoms with Crippen LogP contribution in [0.25, 0.3) is 0 Å². The molecule has 31 heavy (non-hydrogen) atoms. The number of ether oxygens (including phenoxy) is 1. The number of sulfone groups is 1. The molecule has 1 heterocycles. The minimum Gasteiger partial charge on any atom is -0.439 e. The van der Waals surface area contributed by atoms with Crippen molar-refractivity contribution >= 4 is 15.7 Å². The number of nitrogens with zero attached hydrogens (tertiary/aromatic N) is 1. The lowest BCUT2D eigenvalue weighted by Gasteiger charge is -2.24. The Morgan fingerprint density at radius 3 is 1.97 bits per heavy atom. The first kappa shape index (κ1) is 28.5. The summed E-state index contributed by atoms with van der Waals surface area (Å²) in [5, 5.41) is 8.27. The number of pyridine rings is 1. The van der Waals surface area contributed by atoms with Gasteiger partial charge in [0.1, 0.15) is 5.75 Å². The number of benzene rings is 1. The Bertz CT molecular complexity index is 859. The van der Waals surface area contributed by atoms with Crippen LogP contribution in [0.15, 0.2) is 53.6 Å². The molecule has 1 aromatic heterocycles. The van der Waals surface area contributed by atoms with Crippen LogP contribution >= 0.6 is 0 Å². The zero-order valence-electron chi connectivity index (χ0n) is 19.5. The zero-order chi connectivity index (χ0) is 24.1. The molecule has 174 valence electrons. The van der Waals surface area contributed by atoms with Gasteiger partial charge in [-0.05, 0) is 35.7 Å². The van der Waals surface area contributed by atoms with Crippen LogP contribution in [0.5, 0.6) is 11.6 Å². The maximum absolute atomic E-state index is 11.2. The maximum atomic E-state index is 11.2. The first-order chi connectivity index (χ1) is 14.4. The van der Waals surface area contributed by atoms with Crippen LogP contribution < -0.4 is 10.2 Å². The van der Waals surface area contributed by atoms with Crippen LogP contribution in [-0.2, 0) is 14.6 Å². The van der Waals surface area contributed by atoms with Gasteiger partial charge in [0.2, 0.25) is 11.8 Å². The molecule has 0 saturated carbocycles. The van der Waals surface area contributed by atoms with E-state index in [1.807, 2.05) is 26.8 Å². The summed E-state index contributed by atoms with van der Waals surface area (Å²) in [6.07, 6.45) is 5.43. The fourth-order valence-corrected chi connectivity index (χ4v) is 2.40. The van der Waals surface area contributed by atoms with Gasteiger partial charge >= 0.3 is 0 Å². The van der Waals surface area contributed by atoms with Gasteiger partial charge in [-0.15, -0.1) is 0 Å². The van der Waals surface area contributed by atoms with Gasteiger partial charge in [0.15, 0.2) is 9.84 Å². The van der Waals surface area contributed by atoms with Crippen LogP contribution in [0.3, 0.4) is 0 Å². The zero-order valence-corrected chi connectivity index (χ0v) is 20.4. The quantitative estimate of drug-likeness (QED) is 0.474. The van der Waals surface area contributed by atoms with Gasteiger partial charge in [-0.1, -0.05) is 60.5 Å². The molecular formula is C23H36N2O5S. The smallest absolute Gasteiger partial charge is 0.246 e. The number of hydrogen-bond donors (Lipinski definition) is 2. The summed E-state index contributed by atoms with van der Waals surface area (Å²) in [5.41, 5.74) is 1.54. The number of unbranched alkanes of at least 4 members (excludes halogenated alkanes) is 1. The predicted octanol–water partition coefficient (Wildman–Crippen LogP) is 5.26. The van der Waals surface area contributed by atoms with E-state index in [1.54, 1.807) is 42.9 Å². The molecule has 0 aliphatic heterocycles. The standard InChI is InChI=1S/C12H11NO3S.C7H15NO2.C4H10/c1-17(14,15)11-7-5-10(6-8-11)16-12-4-2-3-9-13-12;1-5(6(9)8-10)7(2,3)4;1-3-4-2/h2-9H,1H3;5,10H,1-4H3,(H,8,9);3-4H2,1-2H3. The number of amides is 1. The highest BCUT2D eigenvalue weighted by Gasteiger charge is 2.26. The lowest BCUT2D eigenvalue weighted by molar-refractivity contribution is -0.136. The van der Waals surface area contributed by atoms with Gasteiger partial charge in [0.25, 0.3) is 0 Å². The van der Waals surface area contributed by atoms with Gasteiger partial charge in [-0.2, -0.15) is 0 Å². The molecule has 2 rings (SSSR count). The Hall–Kier alpha value is -2.45. The molecule has 0 spiro atoms. The van der Waals surface area contributed by atoms with E-state index in [9.17, 15) is 13.2 Å². The van der Waals surface area contributed by atoms with Crippen molar-refractivity contribution in [3.05, 3.63) is 48.7 Å². The lowest BCUT2D eigenvalue weighted by atomic mass is 9.82. The number of carbonyl (C=O) groups excluding carboxylic acids is 1. The van der Waals surface area contributed by atoms with Gasteiger partial charge in [0, 0.05) is 24.4 Å². The highest BCUT2D eigenvalue weighted by molar-refractivity contribution is 7.90. The Morgan fingerprint density at radius 1 is 1.10 bits per heavy atom. The summed E-state index contributed by atoms with van der Waals surface area (Å²) in [5.74, 6) is 0.528. The molecule has 1 aromatic carbocycles. The third-order valence-corrected chi connectivity index (χ3v) is 5.54. The van der Waals surface area contributed by atoms with E-state index < -0.39 is 9.84 Å². The second-order valence-electron chi connectivity index (χ2n) is 8.08. The first-order valence-electron chi connectivity index (χ1n) is 10.2. The van der Waals surface area contributed by atoms with Crippen LogP contribution in [0.4, 0.5) is 0 Å². The third-order valence-electron chi connectivity index (χ3n) is 4.41. The molecular weight excluding hydrogens is 416 g/mol. The van der Waals surface area contributed by atoms with E-state index in [-0.39, 0.29) is 22.1 Å². The highest BCUT2D eigenvalue weighted by atomic mass is 32.2. The van der Waals surface area contributed by atoms with E-state index in [1.165, 1.54) is 31.2 Å². The number of hydroxylamine groups is 1. The minimum atomic E-state index is -3.16. The number of aromatic nitrogens is 1. The van der Waals surface area contributed by atoms with Crippen molar-refractivity contribution in [1.29, 1.82) is 0 Å². The van der Waals surface area contributed by atoms with E-state index in [0.717, 1.165) is 0 Å². The molecule has 0 fully saturated rings. The van der Waals surface area contributed by atoms with Crippen molar-refractivity contribution in [2.75, 3.05) is 6.26 Å². The van der Waals surface area contributed by atoms with Crippen molar-refractivity contribution in [2.24, 2.45) is 11.3 Å². The van der Waals surface area contributed by atoms with Crippen molar-refractivity contribution in [3.63, 3.8) is 0 Å². The second-order valence-corrected chi connectivity index (χ2v) is 10.1. The summed E-state index contributed by atoms with van der Waals surface area (Å²) >= 11 is 0. The fourth-order valence-electron chi connectivity index (χ4n) is 1.77. The predicted molar refractivity (Wildman–Crippen MR) is 123 cm³/mol. The molecule has 0 aliphatic rings. The number of hydrogen-bond acceptors (Lipinski definition) is 6. The topological polar surface area (TPSA) is 106 Å². The van der Waals surface area contributed by atoms with Crippen LogP contribution in [0, 0.1) is 11.3 Å². The normalized spacial score (nSPS) is 11.7. The van der Waals surface area contributed by atoms with Crippen LogP contribution in [0.2, 0.25) is 0 Å². The lowest BCUT2D eigenvalue weighted by Crippen LogP contribution is -2.34. The number of carbonyl (C=O) groups is 1. The summed E-state index contributed by atoms with van der Waals surface area (Å²) < 4.78 is 27.9. The Balaban J connectivity index is 0.000000548. The van der Waals surface area contributed by atoms with Crippen molar-refractivity contribution in [2.45, 2.75) is 59.3 Å². The summed E-state index contributed by atoms with van der Waals surface area (Å²) in [6.45, 7) is 12.0. The molecule has 7 nitrogen and oxygen atoms in total. The van der Waals surface area contributed by atoms with Crippen molar-refractivity contribution in [3.8, 4) is 11.6 Å². The Kier molecular flexibility index (Phi) is 12.7. The fraction of sp³-hybridized carbons (Fsp3) is 0.478. The molecule has 0 radical (unpaired) electrons. The Morgan fingerprint density at radius 2 is 1.65 bits per heavy atom. The largest absolute Gasteiger partial charge is 0.439 e. The molecule has 2 aromatic rings. The monoisotopic (exact) mass is 452 g/mol. The molecule has 1 unspecified atom stereocenters. The average Bonchev–Trinajstić information content (AvgIpc) is 2.73. The van der Waals surface area contributed by atoms with Gasteiger partial charge < -0.3 is 4.74 Å². The molecule has 0 bridgehead atoms. The molecule has 1 atom stereocenters. The van der Waals surface area contributed by atoms with E-state index in [2.05, 4.69) is 18.8 Å². The molecule has 0 saturated heterocycles. The molecule has 2 N–H and O–H groups in total. The summed E-state index contributed by atoms with van der Waals surface area (Å²) in [6, 6.07) is 11.6. The van der Waals surface area contributed by atoms with Gasteiger partial charge in [0.05, 0.1) is 4.90 Å². The molecule has 8 heteroatoms. The minimum absolute atomic E-state index is 0.0905. The van der Waals surface area contributed by atoms with E-state index in [0.29, 0.717) is 11.6 Å². The number of rotatable bonds is 5. The van der Waals surface area contributed by atoms with Gasteiger partial charge in [-0.25, -0.2) is 18.9 Å². The van der Waals surface area contributed by atoms with Crippen LogP contribution in [-0.4, -0.2) is 30.8 Å². The maximum Gasteiger partial charge on any atom is 0.246 e. The van der Waals surface area contributed by atoms with Crippen LogP contribution in [0.1, 0.15) is 54.4 Å². The summed E-state index contributed by atoms with van der Waals surface area (Å²) in [4.78, 5) is 15.1. The third kappa shape index (κ3) is 12.1. The highest BCUT2D eigenvalue weighted by Crippen LogP contribution is 2.25. The molecule has 1 amide bonds. The first-order valence-corrected chi connectivity index (χ1v) is 12.1. The van der Waals surface area contributed by atoms with Gasteiger partial charge in [-0.3, -0.25) is 10.0 Å².